The van der Waals surface area contributed by atoms with E-state index in [1.54, 1.807) is 0 Å². The van der Waals surface area contributed by atoms with Crippen molar-refractivity contribution in [3.63, 3.8) is 0 Å². The number of carbonyl (C=O) groups is 1. The molecular formula is C20H24N2O. The number of nitrogens with one attached hydrogen (secondary N) is 1. The third kappa shape index (κ3) is 2.39. The Bertz CT molecular complexity index is 833. The number of aryl methyl sites for hydroxylation is 2. The Morgan fingerprint density at radius 1 is 1.26 bits per heavy atom. The van der Waals surface area contributed by atoms with Crippen molar-refractivity contribution in [1.29, 1.82) is 0 Å². The summed E-state index contributed by atoms with van der Waals surface area (Å²) in [6.07, 6.45) is 5.43. The molecule has 0 fully saturated rings. The van der Waals surface area contributed by atoms with Crippen LogP contribution in [-0.4, -0.2) is 16.9 Å². The summed E-state index contributed by atoms with van der Waals surface area (Å²) in [5, 5.41) is 4.59. The van der Waals surface area contributed by atoms with Crippen LogP contribution in [0.15, 0.2) is 30.1 Å². The Morgan fingerprint density at radius 3 is 2.87 bits per heavy atom. The Kier molecular flexibility index (Phi) is 3.15. The zero-order valence-corrected chi connectivity index (χ0v) is 14.2. The van der Waals surface area contributed by atoms with Crippen molar-refractivity contribution in [2.24, 2.45) is 5.41 Å². The number of para-hydroxylation sites is 1. The monoisotopic (exact) mass is 308 g/mol. The van der Waals surface area contributed by atoms with E-state index in [1.807, 2.05) is 0 Å². The van der Waals surface area contributed by atoms with Gasteiger partial charge in [0.2, 0.25) is 0 Å². The third-order valence-electron chi connectivity index (χ3n) is 4.85. The number of benzene rings is 1. The van der Waals surface area contributed by atoms with Gasteiger partial charge in [0.1, 0.15) is 0 Å². The molecule has 2 aliphatic heterocycles. The number of hydrogen-bond acceptors (Lipinski definition) is 2. The average Bonchev–Trinajstić information content (AvgIpc) is 3.01. The minimum atomic E-state index is 0.162. The van der Waals surface area contributed by atoms with Gasteiger partial charge in [-0.05, 0) is 30.2 Å². The lowest BCUT2D eigenvalue weighted by Crippen LogP contribution is -2.16. The molecule has 0 atom stereocenters. The Balaban J connectivity index is 1.93. The molecule has 0 saturated carbocycles. The van der Waals surface area contributed by atoms with Crippen molar-refractivity contribution >= 4 is 22.3 Å². The van der Waals surface area contributed by atoms with E-state index in [0.29, 0.717) is 6.54 Å². The Hall–Kier alpha value is -2.03. The van der Waals surface area contributed by atoms with Crippen LogP contribution in [0.2, 0.25) is 0 Å². The summed E-state index contributed by atoms with van der Waals surface area (Å²) in [5.41, 5.74) is 6.06. The first-order valence-corrected chi connectivity index (χ1v) is 8.55. The maximum Gasteiger partial charge on any atom is 0.184 e. The highest BCUT2D eigenvalue weighted by Gasteiger charge is 2.29. The fraction of sp³-hybridized carbons (Fsp3) is 0.450. The molecule has 0 spiro atoms. The molecule has 1 N–H and O–H groups in total. The van der Waals surface area contributed by atoms with Crippen LogP contribution in [0.3, 0.4) is 0 Å². The van der Waals surface area contributed by atoms with E-state index in [0.717, 1.165) is 36.2 Å². The summed E-state index contributed by atoms with van der Waals surface area (Å²) in [6.45, 7) is 8.15. The summed E-state index contributed by atoms with van der Waals surface area (Å²) in [4.78, 5) is 12.6. The summed E-state index contributed by atoms with van der Waals surface area (Å²) in [6, 6.07) is 6.53. The van der Waals surface area contributed by atoms with Gasteiger partial charge >= 0.3 is 0 Å². The number of Topliss-reactive ketones (excluding diaryl/α,β-unsaturated/α-hetero) is 1. The zero-order chi connectivity index (χ0) is 16.2. The average molecular weight is 308 g/mol. The summed E-state index contributed by atoms with van der Waals surface area (Å²) in [5.74, 6) is 0.230. The molecule has 1 aromatic carbocycles. The van der Waals surface area contributed by atoms with Gasteiger partial charge in [-0.15, -0.1) is 0 Å². The lowest BCUT2D eigenvalue weighted by Gasteiger charge is -2.19. The van der Waals surface area contributed by atoms with Crippen LogP contribution in [0.25, 0.3) is 16.5 Å². The largest absolute Gasteiger partial charge is 0.380 e. The van der Waals surface area contributed by atoms with Gasteiger partial charge in [0.05, 0.1) is 12.1 Å². The zero-order valence-electron chi connectivity index (χ0n) is 14.2. The molecule has 2 aromatic rings. The van der Waals surface area contributed by atoms with Crippen molar-refractivity contribution in [1.82, 2.24) is 9.88 Å². The molecular weight excluding hydrogens is 284 g/mol. The first-order valence-electron chi connectivity index (χ1n) is 8.55. The fourth-order valence-corrected chi connectivity index (χ4v) is 3.98. The highest BCUT2D eigenvalue weighted by molar-refractivity contribution is 6.27. The molecule has 0 radical (unpaired) electrons. The van der Waals surface area contributed by atoms with Gasteiger partial charge in [-0.3, -0.25) is 4.79 Å². The number of hydrogen-bond donors (Lipinski definition) is 1. The van der Waals surface area contributed by atoms with E-state index in [2.05, 4.69) is 55.1 Å². The lowest BCUT2D eigenvalue weighted by molar-refractivity contribution is -0.112. The molecule has 3 heterocycles. The third-order valence-corrected chi connectivity index (χ3v) is 4.85. The molecule has 2 aliphatic rings. The van der Waals surface area contributed by atoms with Crippen LogP contribution in [0.5, 0.6) is 0 Å². The van der Waals surface area contributed by atoms with Crippen LogP contribution < -0.4 is 5.32 Å². The molecule has 0 aliphatic carbocycles. The molecule has 1 aromatic heterocycles. The van der Waals surface area contributed by atoms with Gasteiger partial charge in [-0.1, -0.05) is 39.0 Å². The maximum absolute atomic E-state index is 12.6. The Morgan fingerprint density at radius 2 is 2.09 bits per heavy atom. The van der Waals surface area contributed by atoms with Gasteiger partial charge in [-0.2, -0.15) is 0 Å². The van der Waals surface area contributed by atoms with E-state index in [9.17, 15) is 4.79 Å². The standard InChI is InChI=1S/C20H24N2O/c1-20(2,3)10-16-18(17(23)11-21-16)15-12-22-9-5-7-13-6-4-8-14(15)19(13)22/h4,6,8,12,21H,5,7,9-11H2,1-3H3. The van der Waals surface area contributed by atoms with Gasteiger partial charge in [-0.25, -0.2) is 0 Å². The second kappa shape index (κ2) is 4.98. The van der Waals surface area contributed by atoms with Gasteiger partial charge < -0.3 is 9.88 Å². The minimum absolute atomic E-state index is 0.162. The highest BCUT2D eigenvalue weighted by atomic mass is 16.1. The molecule has 120 valence electrons. The van der Waals surface area contributed by atoms with E-state index in [-0.39, 0.29) is 11.2 Å². The molecule has 0 unspecified atom stereocenters. The van der Waals surface area contributed by atoms with Crippen molar-refractivity contribution in [2.75, 3.05) is 6.54 Å². The molecule has 3 heteroatoms. The topological polar surface area (TPSA) is 34.0 Å². The van der Waals surface area contributed by atoms with E-state index in [4.69, 9.17) is 0 Å². The molecule has 0 saturated heterocycles. The van der Waals surface area contributed by atoms with Crippen molar-refractivity contribution < 1.29 is 4.79 Å². The molecule has 0 amide bonds. The first kappa shape index (κ1) is 14.6. The van der Waals surface area contributed by atoms with Crippen molar-refractivity contribution in [2.45, 2.75) is 46.6 Å². The predicted octanol–water partition coefficient (Wildman–Crippen LogP) is 3.91. The van der Waals surface area contributed by atoms with E-state index >= 15 is 0 Å². The number of ketones is 1. The smallest absolute Gasteiger partial charge is 0.184 e. The maximum atomic E-state index is 12.6. The van der Waals surface area contributed by atoms with Gasteiger partial charge in [0, 0.05) is 35.0 Å². The number of aromatic nitrogens is 1. The van der Waals surface area contributed by atoms with Crippen LogP contribution >= 0.6 is 0 Å². The molecule has 0 bridgehead atoms. The molecule has 3 nitrogen and oxygen atoms in total. The minimum Gasteiger partial charge on any atom is -0.380 e. The summed E-state index contributed by atoms with van der Waals surface area (Å²) in [7, 11) is 0. The van der Waals surface area contributed by atoms with Crippen LogP contribution in [-0.2, 0) is 17.8 Å². The number of allylic oxidation sites excluding steroid dienone is 1. The van der Waals surface area contributed by atoms with E-state index < -0.39 is 0 Å². The first-order chi connectivity index (χ1) is 10.9. The van der Waals surface area contributed by atoms with Crippen LogP contribution in [0.1, 0.15) is 44.7 Å². The highest BCUT2D eigenvalue weighted by Crippen LogP contribution is 2.37. The molecule has 4 rings (SSSR count). The quantitative estimate of drug-likeness (QED) is 0.913. The SMILES string of the molecule is CC(C)(C)CC1=C(c2cn3c4c(cccc24)CCC3)C(=O)CN1. The number of nitrogens with zero attached hydrogens (tertiary/aromatic N) is 1. The predicted molar refractivity (Wildman–Crippen MR) is 94.3 cm³/mol. The summed E-state index contributed by atoms with van der Waals surface area (Å²) >= 11 is 0. The summed E-state index contributed by atoms with van der Waals surface area (Å²) < 4.78 is 2.34. The van der Waals surface area contributed by atoms with E-state index in [1.165, 1.54) is 22.9 Å². The lowest BCUT2D eigenvalue weighted by atomic mass is 9.88. The number of rotatable bonds is 2. The second-order valence-corrected chi connectivity index (χ2v) is 8.02. The van der Waals surface area contributed by atoms with Gasteiger partial charge in [0.15, 0.2) is 5.78 Å². The van der Waals surface area contributed by atoms with Gasteiger partial charge in [0.25, 0.3) is 0 Å². The Labute approximate surface area is 137 Å². The van der Waals surface area contributed by atoms with Crippen molar-refractivity contribution in [3.8, 4) is 0 Å². The van der Waals surface area contributed by atoms with Crippen molar-refractivity contribution in [3.05, 3.63) is 41.2 Å². The number of carbonyl (C=O) groups excluding carboxylic acids is 1. The second-order valence-electron chi connectivity index (χ2n) is 8.02. The van der Waals surface area contributed by atoms with Crippen LogP contribution in [0, 0.1) is 5.41 Å². The molecule has 23 heavy (non-hydrogen) atoms. The van der Waals surface area contributed by atoms with Crippen LogP contribution in [0.4, 0.5) is 0 Å². The normalized spacial score (nSPS) is 18.0. The fourth-order valence-electron chi connectivity index (χ4n) is 3.98.